The molecule has 10 heteroatoms. The highest BCUT2D eigenvalue weighted by atomic mass is 32.2. The van der Waals surface area contributed by atoms with Crippen LogP contribution in [0.1, 0.15) is 54.0 Å². The highest BCUT2D eigenvalue weighted by molar-refractivity contribution is 7.89. The Labute approximate surface area is 199 Å². The molecule has 0 bridgehead atoms. The number of aryl methyl sites for hydroxylation is 2. The molecule has 0 spiro atoms. The van der Waals surface area contributed by atoms with Gasteiger partial charge in [-0.05, 0) is 74.1 Å². The minimum Gasteiger partial charge on any atom is -0.296 e. The molecule has 2 fully saturated rings. The topological polar surface area (TPSA) is 90.0 Å². The van der Waals surface area contributed by atoms with Crippen LogP contribution >= 0.6 is 0 Å². The molecule has 0 radical (unpaired) electrons. The van der Waals surface area contributed by atoms with E-state index in [-0.39, 0.29) is 30.8 Å². The molecule has 0 aromatic heterocycles. The fourth-order valence-corrected chi connectivity index (χ4v) is 8.22. The number of piperidine rings is 2. The Kier molecular flexibility index (Phi) is 7.25. The van der Waals surface area contributed by atoms with E-state index in [4.69, 9.17) is 0 Å². The number of sulfonamides is 1. The van der Waals surface area contributed by atoms with Gasteiger partial charge in [-0.1, -0.05) is 12.1 Å². The molecule has 3 aliphatic heterocycles. The van der Waals surface area contributed by atoms with Gasteiger partial charge in [-0.2, -0.15) is 17.0 Å². The van der Waals surface area contributed by atoms with Gasteiger partial charge in [-0.15, -0.1) is 0 Å². The summed E-state index contributed by atoms with van der Waals surface area (Å²) in [4.78, 5) is 2.57. The van der Waals surface area contributed by atoms with E-state index in [0.717, 1.165) is 43.1 Å². The van der Waals surface area contributed by atoms with Crippen LogP contribution < -0.4 is 4.72 Å². The van der Waals surface area contributed by atoms with Crippen molar-refractivity contribution in [1.82, 2.24) is 18.2 Å². The summed E-state index contributed by atoms with van der Waals surface area (Å²) in [6.07, 6.45) is 4.13. The Bertz CT molecular complexity index is 1090. The van der Waals surface area contributed by atoms with Crippen molar-refractivity contribution >= 4 is 20.2 Å². The van der Waals surface area contributed by atoms with E-state index in [1.807, 2.05) is 0 Å². The summed E-state index contributed by atoms with van der Waals surface area (Å²) < 4.78 is 55.7. The van der Waals surface area contributed by atoms with Gasteiger partial charge in [0.15, 0.2) is 0 Å². The Morgan fingerprint density at radius 3 is 2.55 bits per heavy atom. The fraction of sp³-hybridized carbons (Fsp3) is 0.739. The average molecular weight is 499 g/mol. The van der Waals surface area contributed by atoms with E-state index in [0.29, 0.717) is 12.5 Å². The van der Waals surface area contributed by atoms with Crippen LogP contribution in [0.4, 0.5) is 0 Å². The van der Waals surface area contributed by atoms with Crippen LogP contribution in [0, 0.1) is 19.8 Å². The van der Waals surface area contributed by atoms with Crippen molar-refractivity contribution in [1.29, 1.82) is 0 Å². The molecule has 4 rings (SSSR count). The van der Waals surface area contributed by atoms with Gasteiger partial charge in [-0.3, -0.25) is 4.90 Å². The molecule has 8 nitrogen and oxygen atoms in total. The molecule has 3 aliphatic rings. The molecule has 0 unspecified atom stereocenters. The third-order valence-corrected chi connectivity index (χ3v) is 11.2. The molecule has 1 aromatic carbocycles. The Balaban J connectivity index is 1.48. The minimum absolute atomic E-state index is 0.0241. The predicted octanol–water partition coefficient (Wildman–Crippen LogP) is 1.80. The molecule has 0 saturated carbocycles. The quantitative estimate of drug-likeness (QED) is 0.579. The maximum atomic E-state index is 13.3. The third kappa shape index (κ3) is 5.16. The first-order valence-corrected chi connectivity index (χ1v) is 15.1. The first-order valence-electron chi connectivity index (χ1n) is 12.0. The zero-order valence-corrected chi connectivity index (χ0v) is 21.9. The number of nitrogens with one attached hydrogen (secondary N) is 1. The Morgan fingerprint density at radius 1 is 1.09 bits per heavy atom. The molecule has 186 valence electrons. The lowest BCUT2D eigenvalue weighted by atomic mass is 9.77. The van der Waals surface area contributed by atoms with Crippen LogP contribution in [0.5, 0.6) is 0 Å². The maximum Gasteiger partial charge on any atom is 0.278 e. The van der Waals surface area contributed by atoms with Crippen LogP contribution in [-0.4, -0.2) is 82.4 Å². The first kappa shape index (κ1) is 25.1. The summed E-state index contributed by atoms with van der Waals surface area (Å²) in [5.41, 5.74) is 5.41. The molecule has 2 saturated heterocycles. The van der Waals surface area contributed by atoms with Gasteiger partial charge in [0.2, 0.25) is 10.0 Å². The van der Waals surface area contributed by atoms with Gasteiger partial charge in [0, 0.05) is 52.4 Å². The van der Waals surface area contributed by atoms with Gasteiger partial charge >= 0.3 is 0 Å². The van der Waals surface area contributed by atoms with Crippen molar-refractivity contribution in [3.63, 3.8) is 0 Å². The number of rotatable bonds is 7. The fourth-order valence-electron chi connectivity index (χ4n) is 5.74. The minimum atomic E-state index is -3.54. The van der Waals surface area contributed by atoms with E-state index < -0.39 is 20.2 Å². The van der Waals surface area contributed by atoms with Crippen LogP contribution in [0.15, 0.2) is 12.1 Å². The van der Waals surface area contributed by atoms with E-state index >= 15 is 0 Å². The summed E-state index contributed by atoms with van der Waals surface area (Å²) in [6, 6.07) is 4.94. The molecule has 1 aromatic rings. The van der Waals surface area contributed by atoms with Gasteiger partial charge in [0.25, 0.3) is 10.2 Å². The molecule has 33 heavy (non-hydrogen) atoms. The van der Waals surface area contributed by atoms with E-state index in [1.165, 1.54) is 36.3 Å². The average Bonchev–Trinajstić information content (AvgIpc) is 2.76. The number of fused-ring (bicyclic) bond motifs is 4. The van der Waals surface area contributed by atoms with Crippen LogP contribution in [0.25, 0.3) is 0 Å². The zero-order valence-electron chi connectivity index (χ0n) is 20.2. The molecular weight excluding hydrogens is 460 g/mol. The van der Waals surface area contributed by atoms with Gasteiger partial charge < -0.3 is 0 Å². The maximum absolute atomic E-state index is 13.3. The normalized spacial score (nSPS) is 26.6. The molecular formula is C23H38N4O4S2. The van der Waals surface area contributed by atoms with Crippen LogP contribution in [0.3, 0.4) is 0 Å². The number of benzene rings is 1. The van der Waals surface area contributed by atoms with Crippen molar-refractivity contribution in [2.75, 3.05) is 46.0 Å². The standard InChI is InChI=1S/C23H38N4O4S2/c1-17-13-19-8-11-26-16-20-7-5-10-27(22(20)15-23(26)21(19)14-18(17)2)32(28,29)12-6-9-24-33(30,31)25(3)4/h13-14,20,22-24H,5-12,15-16H2,1-4H3/t20-,22+,23+/m1/s1. The third-order valence-electron chi connectivity index (χ3n) is 7.73. The summed E-state index contributed by atoms with van der Waals surface area (Å²) in [5.74, 6) is 0.334. The van der Waals surface area contributed by atoms with Crippen molar-refractivity contribution in [2.45, 2.75) is 58.0 Å². The zero-order chi connectivity index (χ0) is 24.0. The second kappa shape index (κ2) is 9.54. The van der Waals surface area contributed by atoms with Crippen LogP contribution in [-0.2, 0) is 26.7 Å². The summed E-state index contributed by atoms with van der Waals surface area (Å²) in [6.45, 7) is 7.00. The molecule has 1 N–H and O–H groups in total. The molecule has 0 aliphatic carbocycles. The van der Waals surface area contributed by atoms with Crippen molar-refractivity contribution < 1.29 is 16.8 Å². The van der Waals surface area contributed by atoms with Gasteiger partial charge in [-0.25, -0.2) is 13.1 Å². The monoisotopic (exact) mass is 498 g/mol. The smallest absolute Gasteiger partial charge is 0.278 e. The van der Waals surface area contributed by atoms with Gasteiger partial charge in [0.1, 0.15) is 0 Å². The molecule has 3 heterocycles. The van der Waals surface area contributed by atoms with E-state index in [1.54, 1.807) is 4.31 Å². The predicted molar refractivity (Wildman–Crippen MR) is 131 cm³/mol. The SMILES string of the molecule is Cc1cc2c(cc1C)[C@@H]1C[C@H]3[C@H](CCCN3S(=O)(=O)CCCNS(=O)(=O)N(C)C)CN1CC2. The first-order chi connectivity index (χ1) is 15.5. The molecule has 0 amide bonds. The Morgan fingerprint density at radius 2 is 1.82 bits per heavy atom. The van der Waals surface area contributed by atoms with Crippen molar-refractivity contribution in [3.8, 4) is 0 Å². The lowest BCUT2D eigenvalue weighted by Crippen LogP contribution is -2.57. The lowest BCUT2D eigenvalue weighted by Gasteiger charge is -2.52. The lowest BCUT2D eigenvalue weighted by molar-refractivity contribution is 0.0219. The second-order valence-corrected chi connectivity index (χ2v) is 14.1. The van der Waals surface area contributed by atoms with Crippen molar-refractivity contribution in [3.05, 3.63) is 34.4 Å². The van der Waals surface area contributed by atoms with Crippen LogP contribution in [0.2, 0.25) is 0 Å². The van der Waals surface area contributed by atoms with Gasteiger partial charge in [0.05, 0.1) is 5.75 Å². The highest BCUT2D eigenvalue weighted by Crippen LogP contribution is 2.44. The summed E-state index contributed by atoms with van der Waals surface area (Å²) >= 11 is 0. The van der Waals surface area contributed by atoms with E-state index in [9.17, 15) is 16.8 Å². The largest absolute Gasteiger partial charge is 0.296 e. The summed E-state index contributed by atoms with van der Waals surface area (Å²) in [5, 5.41) is 0. The van der Waals surface area contributed by atoms with Crippen molar-refractivity contribution in [2.24, 2.45) is 5.92 Å². The molecule has 3 atom stereocenters. The number of nitrogens with zero attached hydrogens (tertiary/aromatic N) is 3. The summed E-state index contributed by atoms with van der Waals surface area (Å²) in [7, 11) is -4.09. The van der Waals surface area contributed by atoms with E-state index in [2.05, 4.69) is 35.6 Å². The highest BCUT2D eigenvalue weighted by Gasteiger charge is 2.45. The Hall–Kier alpha value is -1.04. The second-order valence-electron chi connectivity index (χ2n) is 10.1. The number of hydrogen-bond acceptors (Lipinski definition) is 5. The number of hydrogen-bond donors (Lipinski definition) is 1.